The van der Waals surface area contributed by atoms with Crippen LogP contribution >= 0.6 is 11.8 Å². The van der Waals surface area contributed by atoms with E-state index in [1.54, 1.807) is 22.8 Å². The Hall–Kier alpha value is -2.35. The zero-order valence-corrected chi connectivity index (χ0v) is 11.5. The highest BCUT2D eigenvalue weighted by molar-refractivity contribution is 7.99. The lowest BCUT2D eigenvalue weighted by Crippen LogP contribution is -2.04. The summed E-state index contributed by atoms with van der Waals surface area (Å²) >= 11 is 1.04. The van der Waals surface area contributed by atoms with E-state index in [0.29, 0.717) is 22.9 Å². The molecule has 6 nitrogen and oxygen atoms in total. The van der Waals surface area contributed by atoms with Gasteiger partial charge in [-0.25, -0.2) is 9.37 Å². The van der Waals surface area contributed by atoms with Gasteiger partial charge in [0.25, 0.3) is 0 Å². The first-order valence-electron chi connectivity index (χ1n) is 6.04. The zero-order chi connectivity index (χ0) is 14.8. The highest BCUT2D eigenvalue weighted by atomic mass is 32.2. The van der Waals surface area contributed by atoms with Crippen molar-refractivity contribution in [3.05, 3.63) is 42.0 Å². The molecule has 2 heterocycles. The fraction of sp³-hybridized carbons (Fsp3) is 0.154. The van der Waals surface area contributed by atoms with Crippen LogP contribution in [0.4, 0.5) is 4.39 Å². The molecule has 0 fully saturated rings. The first-order valence-corrected chi connectivity index (χ1v) is 7.02. The summed E-state index contributed by atoms with van der Waals surface area (Å²) in [5, 5.41) is 13.0. The number of hydrogen-bond acceptors (Lipinski definition) is 5. The van der Waals surface area contributed by atoms with Crippen molar-refractivity contribution in [1.82, 2.24) is 14.7 Å². The van der Waals surface area contributed by atoms with Crippen molar-refractivity contribution in [2.45, 2.75) is 11.7 Å². The molecule has 0 aliphatic rings. The monoisotopic (exact) mass is 307 g/mol. The quantitative estimate of drug-likeness (QED) is 0.729. The van der Waals surface area contributed by atoms with Gasteiger partial charge in [-0.2, -0.15) is 0 Å². The third kappa shape index (κ3) is 2.75. The lowest BCUT2D eigenvalue weighted by molar-refractivity contribution is -0.133. The Morgan fingerprint density at radius 2 is 2.29 bits per heavy atom. The Bertz CT molecular complexity index is 785. The third-order valence-electron chi connectivity index (χ3n) is 2.83. The van der Waals surface area contributed by atoms with Crippen molar-refractivity contribution in [1.29, 1.82) is 0 Å². The molecular weight excluding hydrogens is 297 g/mol. The maximum Gasteiger partial charge on any atom is 0.313 e. The standard InChI is InChI=1S/C13H10FN3O3S/c14-9-2-1-3-10-12(9)15-13(21-7-11(18)19)17(10)6-8-4-5-20-16-8/h1-5H,6-7H2,(H,18,19). The van der Waals surface area contributed by atoms with E-state index in [-0.39, 0.29) is 11.3 Å². The number of nitrogens with zero attached hydrogens (tertiary/aromatic N) is 3. The molecule has 0 aliphatic heterocycles. The number of halogens is 1. The van der Waals surface area contributed by atoms with Gasteiger partial charge >= 0.3 is 5.97 Å². The minimum Gasteiger partial charge on any atom is -0.481 e. The second-order valence-corrected chi connectivity index (χ2v) is 5.20. The second-order valence-electron chi connectivity index (χ2n) is 4.26. The van der Waals surface area contributed by atoms with Crippen molar-refractivity contribution in [3.63, 3.8) is 0 Å². The zero-order valence-electron chi connectivity index (χ0n) is 10.7. The number of aromatic nitrogens is 3. The number of carboxylic acids is 1. The van der Waals surface area contributed by atoms with E-state index in [1.807, 2.05) is 0 Å². The summed E-state index contributed by atoms with van der Waals surface area (Å²) in [7, 11) is 0. The van der Waals surface area contributed by atoms with Crippen LogP contribution in [-0.4, -0.2) is 31.5 Å². The molecule has 0 saturated carbocycles. The number of carboxylic acid groups (broad SMARTS) is 1. The molecule has 21 heavy (non-hydrogen) atoms. The highest BCUT2D eigenvalue weighted by Gasteiger charge is 2.16. The van der Waals surface area contributed by atoms with Gasteiger partial charge in [0, 0.05) is 6.07 Å². The summed E-state index contributed by atoms with van der Waals surface area (Å²) in [6.07, 6.45) is 1.44. The number of para-hydroxylation sites is 1. The Morgan fingerprint density at radius 3 is 3.00 bits per heavy atom. The predicted molar refractivity (Wildman–Crippen MR) is 73.7 cm³/mol. The molecule has 108 valence electrons. The van der Waals surface area contributed by atoms with Crippen LogP contribution in [0.3, 0.4) is 0 Å². The fourth-order valence-corrected chi connectivity index (χ4v) is 2.69. The van der Waals surface area contributed by atoms with Crippen LogP contribution in [0.1, 0.15) is 5.69 Å². The summed E-state index contributed by atoms with van der Waals surface area (Å²) in [5.41, 5.74) is 1.45. The van der Waals surface area contributed by atoms with Gasteiger partial charge in [-0.15, -0.1) is 0 Å². The normalized spacial score (nSPS) is 11.1. The van der Waals surface area contributed by atoms with Gasteiger partial charge < -0.3 is 14.2 Å². The van der Waals surface area contributed by atoms with Crippen LogP contribution in [-0.2, 0) is 11.3 Å². The van der Waals surface area contributed by atoms with Gasteiger partial charge in [-0.1, -0.05) is 23.0 Å². The molecule has 0 bridgehead atoms. The summed E-state index contributed by atoms with van der Waals surface area (Å²) < 4.78 is 20.3. The van der Waals surface area contributed by atoms with Gasteiger partial charge in [0.05, 0.1) is 17.8 Å². The van der Waals surface area contributed by atoms with Crippen molar-refractivity contribution >= 4 is 28.8 Å². The van der Waals surface area contributed by atoms with E-state index in [2.05, 4.69) is 10.1 Å². The van der Waals surface area contributed by atoms with E-state index in [4.69, 9.17) is 9.63 Å². The summed E-state index contributed by atoms with van der Waals surface area (Å²) in [5.74, 6) is -1.55. The Balaban J connectivity index is 2.06. The number of imidazole rings is 1. The highest BCUT2D eigenvalue weighted by Crippen LogP contribution is 2.26. The van der Waals surface area contributed by atoms with E-state index in [1.165, 1.54) is 12.3 Å². The molecule has 8 heteroatoms. The number of carbonyl (C=O) groups is 1. The second kappa shape index (κ2) is 5.57. The molecule has 3 rings (SSSR count). The Morgan fingerprint density at radius 1 is 1.43 bits per heavy atom. The van der Waals surface area contributed by atoms with Gasteiger partial charge in [0.2, 0.25) is 0 Å². The van der Waals surface area contributed by atoms with E-state index in [9.17, 15) is 9.18 Å². The Labute approximate surface area is 122 Å². The molecule has 0 aliphatic carbocycles. The first-order chi connectivity index (χ1) is 10.1. The van der Waals surface area contributed by atoms with Crippen LogP contribution in [0.5, 0.6) is 0 Å². The third-order valence-corrected chi connectivity index (χ3v) is 3.79. The number of hydrogen-bond donors (Lipinski definition) is 1. The van der Waals surface area contributed by atoms with Crippen molar-refractivity contribution in [2.24, 2.45) is 0 Å². The molecule has 0 unspecified atom stereocenters. The number of thioether (sulfide) groups is 1. The molecule has 0 spiro atoms. The SMILES string of the molecule is O=C(O)CSc1nc2c(F)cccc2n1Cc1ccon1. The van der Waals surface area contributed by atoms with Crippen LogP contribution in [0, 0.1) is 5.82 Å². The van der Waals surface area contributed by atoms with Crippen LogP contribution in [0.15, 0.2) is 40.2 Å². The summed E-state index contributed by atoms with van der Waals surface area (Å²) in [6.45, 7) is 0.332. The van der Waals surface area contributed by atoms with Crippen LogP contribution in [0.25, 0.3) is 11.0 Å². The smallest absolute Gasteiger partial charge is 0.313 e. The average Bonchev–Trinajstić information content (AvgIpc) is 3.07. The maximum absolute atomic E-state index is 13.8. The molecule has 0 atom stereocenters. The molecule has 0 radical (unpaired) electrons. The molecule has 3 aromatic rings. The van der Waals surface area contributed by atoms with Crippen LogP contribution in [0.2, 0.25) is 0 Å². The van der Waals surface area contributed by atoms with E-state index in [0.717, 1.165) is 11.8 Å². The fourth-order valence-electron chi connectivity index (χ4n) is 1.96. The van der Waals surface area contributed by atoms with E-state index < -0.39 is 11.8 Å². The lowest BCUT2D eigenvalue weighted by Gasteiger charge is -2.05. The van der Waals surface area contributed by atoms with Crippen LogP contribution < -0.4 is 0 Å². The molecule has 2 aromatic heterocycles. The van der Waals surface area contributed by atoms with Crippen molar-refractivity contribution in [2.75, 3.05) is 5.75 Å². The van der Waals surface area contributed by atoms with E-state index >= 15 is 0 Å². The topological polar surface area (TPSA) is 81.1 Å². The number of benzene rings is 1. The minimum atomic E-state index is -0.958. The predicted octanol–water partition coefficient (Wildman–Crippen LogP) is 2.39. The lowest BCUT2D eigenvalue weighted by atomic mass is 10.3. The molecule has 1 N–H and O–H groups in total. The van der Waals surface area contributed by atoms with Gasteiger partial charge in [0.1, 0.15) is 17.5 Å². The van der Waals surface area contributed by atoms with Gasteiger partial charge in [-0.3, -0.25) is 4.79 Å². The largest absolute Gasteiger partial charge is 0.481 e. The molecular formula is C13H10FN3O3S. The van der Waals surface area contributed by atoms with Crippen molar-refractivity contribution in [3.8, 4) is 0 Å². The maximum atomic E-state index is 13.8. The summed E-state index contributed by atoms with van der Waals surface area (Å²) in [6, 6.07) is 6.33. The minimum absolute atomic E-state index is 0.149. The summed E-state index contributed by atoms with van der Waals surface area (Å²) in [4.78, 5) is 14.9. The number of fused-ring (bicyclic) bond motifs is 1. The van der Waals surface area contributed by atoms with Gasteiger partial charge in [0.15, 0.2) is 11.0 Å². The number of aliphatic carboxylic acids is 1. The molecule has 1 aromatic carbocycles. The molecule has 0 amide bonds. The number of rotatable bonds is 5. The molecule has 0 saturated heterocycles. The van der Waals surface area contributed by atoms with Crippen molar-refractivity contribution < 1.29 is 18.8 Å². The Kier molecular flexibility index (Phi) is 3.61. The van der Waals surface area contributed by atoms with Gasteiger partial charge in [-0.05, 0) is 12.1 Å². The first kappa shape index (κ1) is 13.6. The average molecular weight is 307 g/mol.